The van der Waals surface area contributed by atoms with Gasteiger partial charge in [-0.3, -0.25) is 0 Å². The van der Waals surface area contributed by atoms with Crippen molar-refractivity contribution in [2.24, 2.45) is 0 Å². The number of methoxy groups -OCH3 is 2. The maximum atomic E-state index is 11.1. The average molecular weight is 314 g/mol. The number of hydrogen-bond acceptors (Lipinski definition) is 4. The maximum Gasteiger partial charge on any atom is 0.335 e. The summed E-state index contributed by atoms with van der Waals surface area (Å²) in [6, 6.07) is 12.8. The van der Waals surface area contributed by atoms with Crippen molar-refractivity contribution in [1.82, 2.24) is 0 Å². The van der Waals surface area contributed by atoms with Gasteiger partial charge in [-0.1, -0.05) is 36.9 Å². The Morgan fingerprint density at radius 3 is 2.13 bits per heavy atom. The van der Waals surface area contributed by atoms with Gasteiger partial charge in [0, 0.05) is 0 Å². The summed E-state index contributed by atoms with van der Waals surface area (Å²) < 4.78 is 16.4. The molecule has 0 bridgehead atoms. The highest BCUT2D eigenvalue weighted by atomic mass is 16.5. The molecule has 0 saturated heterocycles. The van der Waals surface area contributed by atoms with E-state index in [-0.39, 0.29) is 5.57 Å². The van der Waals surface area contributed by atoms with Gasteiger partial charge in [-0.15, -0.1) is 0 Å². The summed E-state index contributed by atoms with van der Waals surface area (Å²) in [6.45, 7) is 3.89. The number of rotatable bonds is 7. The highest BCUT2D eigenvalue weighted by Gasteiger charge is 2.18. The largest absolute Gasteiger partial charge is 0.493 e. The smallest absolute Gasteiger partial charge is 0.335 e. The highest BCUT2D eigenvalue weighted by Crippen LogP contribution is 2.40. The van der Waals surface area contributed by atoms with Gasteiger partial charge in [-0.25, -0.2) is 4.79 Å². The first-order chi connectivity index (χ1) is 11.1. The first kappa shape index (κ1) is 16.4. The second-order valence-electron chi connectivity index (χ2n) is 4.77. The summed E-state index contributed by atoms with van der Waals surface area (Å²) in [5, 5.41) is 9.07. The molecule has 2 aromatic rings. The van der Waals surface area contributed by atoms with E-state index in [9.17, 15) is 4.79 Å². The molecule has 0 heterocycles. The van der Waals surface area contributed by atoms with Gasteiger partial charge in [-0.05, 0) is 23.3 Å². The molecule has 2 aromatic carbocycles. The van der Waals surface area contributed by atoms with E-state index >= 15 is 0 Å². The number of carbonyl (C=O) groups is 1. The monoisotopic (exact) mass is 314 g/mol. The van der Waals surface area contributed by atoms with Gasteiger partial charge < -0.3 is 19.3 Å². The van der Waals surface area contributed by atoms with Crippen molar-refractivity contribution in [2.75, 3.05) is 14.2 Å². The van der Waals surface area contributed by atoms with Crippen LogP contribution < -0.4 is 14.2 Å². The van der Waals surface area contributed by atoms with Crippen molar-refractivity contribution in [1.29, 1.82) is 0 Å². The molecule has 5 heteroatoms. The van der Waals surface area contributed by atoms with Crippen LogP contribution in [0.2, 0.25) is 0 Å². The lowest BCUT2D eigenvalue weighted by Crippen LogP contribution is -2.03. The van der Waals surface area contributed by atoms with Gasteiger partial charge in [0.2, 0.25) is 5.75 Å². The molecule has 120 valence electrons. The van der Waals surface area contributed by atoms with Crippen LogP contribution in [0.1, 0.15) is 11.1 Å². The van der Waals surface area contributed by atoms with Gasteiger partial charge in [-0.2, -0.15) is 0 Å². The Morgan fingerprint density at radius 1 is 1.09 bits per heavy atom. The van der Waals surface area contributed by atoms with E-state index in [1.54, 1.807) is 12.1 Å². The molecule has 0 fully saturated rings. The number of hydrogen-bond donors (Lipinski definition) is 1. The summed E-state index contributed by atoms with van der Waals surface area (Å²) in [5.41, 5.74) is 1.35. The molecule has 23 heavy (non-hydrogen) atoms. The van der Waals surface area contributed by atoms with E-state index < -0.39 is 5.97 Å². The topological polar surface area (TPSA) is 65.0 Å². The standard InChI is InChI=1S/C18H18O5/c1-12(18(19)20)14-9-15(21-2)17(16(10-14)22-3)23-11-13-7-5-4-6-8-13/h4-10H,1,11H2,2-3H3,(H,19,20). The summed E-state index contributed by atoms with van der Waals surface area (Å²) >= 11 is 0. The lowest BCUT2D eigenvalue weighted by Gasteiger charge is -2.16. The van der Waals surface area contributed by atoms with Crippen LogP contribution in [0.25, 0.3) is 5.57 Å². The minimum absolute atomic E-state index is 0.0452. The number of aliphatic carboxylic acids is 1. The molecule has 0 aromatic heterocycles. The fraction of sp³-hybridized carbons (Fsp3) is 0.167. The molecule has 0 amide bonds. The van der Waals surface area contributed by atoms with Crippen LogP contribution in [0.4, 0.5) is 0 Å². The summed E-state index contributed by atoms with van der Waals surface area (Å²) in [4.78, 5) is 11.1. The quantitative estimate of drug-likeness (QED) is 0.794. The molecule has 0 aliphatic carbocycles. The molecule has 0 atom stereocenters. The normalized spacial score (nSPS) is 10.0. The fourth-order valence-corrected chi connectivity index (χ4v) is 2.05. The van der Waals surface area contributed by atoms with Crippen LogP contribution in [0.3, 0.4) is 0 Å². The van der Waals surface area contributed by atoms with E-state index in [1.807, 2.05) is 30.3 Å². The molecule has 0 saturated carbocycles. The lowest BCUT2D eigenvalue weighted by molar-refractivity contribution is -0.130. The predicted molar refractivity (Wildman–Crippen MR) is 87.0 cm³/mol. The van der Waals surface area contributed by atoms with Gasteiger partial charge >= 0.3 is 5.97 Å². The van der Waals surface area contributed by atoms with E-state index in [1.165, 1.54) is 14.2 Å². The van der Waals surface area contributed by atoms with E-state index in [2.05, 4.69) is 6.58 Å². The number of carboxylic acid groups (broad SMARTS) is 1. The molecule has 0 spiro atoms. The third-order valence-electron chi connectivity index (χ3n) is 3.29. The molecule has 2 rings (SSSR count). The van der Waals surface area contributed by atoms with Crippen molar-refractivity contribution in [3.8, 4) is 17.2 Å². The van der Waals surface area contributed by atoms with Crippen LogP contribution in [0.15, 0.2) is 49.0 Å². The van der Waals surface area contributed by atoms with Crippen molar-refractivity contribution >= 4 is 11.5 Å². The Bertz CT molecular complexity index is 682. The zero-order valence-corrected chi connectivity index (χ0v) is 13.0. The Kier molecular flexibility index (Phi) is 5.25. The van der Waals surface area contributed by atoms with Crippen LogP contribution >= 0.6 is 0 Å². The van der Waals surface area contributed by atoms with Crippen LogP contribution in [-0.2, 0) is 11.4 Å². The maximum absolute atomic E-state index is 11.1. The SMILES string of the molecule is C=C(C(=O)O)c1cc(OC)c(OCc2ccccc2)c(OC)c1. The Hall–Kier alpha value is -2.95. The Labute approximate surface area is 134 Å². The third kappa shape index (κ3) is 3.83. The number of carboxylic acids is 1. The molecule has 5 nitrogen and oxygen atoms in total. The molecule has 0 unspecified atom stereocenters. The first-order valence-electron chi connectivity index (χ1n) is 6.92. The van der Waals surface area contributed by atoms with Gasteiger partial charge in [0.15, 0.2) is 11.5 Å². The average Bonchev–Trinajstić information content (AvgIpc) is 2.59. The van der Waals surface area contributed by atoms with Crippen LogP contribution in [0.5, 0.6) is 17.2 Å². The zero-order chi connectivity index (χ0) is 16.8. The third-order valence-corrected chi connectivity index (χ3v) is 3.29. The fourth-order valence-electron chi connectivity index (χ4n) is 2.05. The van der Waals surface area contributed by atoms with Crippen molar-refractivity contribution < 1.29 is 24.1 Å². The Balaban J connectivity index is 2.34. The predicted octanol–water partition coefficient (Wildman–Crippen LogP) is 3.38. The van der Waals surface area contributed by atoms with Gasteiger partial charge in [0.25, 0.3) is 0 Å². The molecule has 0 aliphatic rings. The second-order valence-corrected chi connectivity index (χ2v) is 4.77. The number of ether oxygens (including phenoxy) is 3. The summed E-state index contributed by atoms with van der Waals surface area (Å²) in [5.74, 6) is 0.0863. The van der Waals surface area contributed by atoms with E-state index in [0.29, 0.717) is 29.4 Å². The van der Waals surface area contributed by atoms with Crippen molar-refractivity contribution in [2.45, 2.75) is 6.61 Å². The molecule has 0 radical (unpaired) electrons. The van der Waals surface area contributed by atoms with E-state index in [4.69, 9.17) is 19.3 Å². The van der Waals surface area contributed by atoms with Gasteiger partial charge in [0.05, 0.1) is 19.8 Å². The van der Waals surface area contributed by atoms with E-state index in [0.717, 1.165) is 5.56 Å². The summed E-state index contributed by atoms with van der Waals surface area (Å²) in [6.07, 6.45) is 0. The Morgan fingerprint density at radius 2 is 1.65 bits per heavy atom. The highest BCUT2D eigenvalue weighted by molar-refractivity contribution is 6.14. The second kappa shape index (κ2) is 7.35. The van der Waals surface area contributed by atoms with Crippen LogP contribution in [-0.4, -0.2) is 25.3 Å². The van der Waals surface area contributed by atoms with Crippen molar-refractivity contribution in [3.05, 3.63) is 60.2 Å². The minimum atomic E-state index is -1.10. The molecular formula is C18H18O5. The first-order valence-corrected chi connectivity index (χ1v) is 6.92. The van der Waals surface area contributed by atoms with Crippen molar-refractivity contribution in [3.63, 3.8) is 0 Å². The minimum Gasteiger partial charge on any atom is -0.493 e. The van der Waals surface area contributed by atoms with Gasteiger partial charge in [0.1, 0.15) is 6.61 Å². The molecular weight excluding hydrogens is 296 g/mol. The van der Waals surface area contributed by atoms with Crippen LogP contribution in [0, 0.1) is 0 Å². The summed E-state index contributed by atoms with van der Waals surface area (Å²) in [7, 11) is 2.97. The molecule has 1 N–H and O–H groups in total. The zero-order valence-electron chi connectivity index (χ0n) is 13.0. The lowest BCUT2D eigenvalue weighted by atomic mass is 10.1. The molecule has 0 aliphatic heterocycles. The number of benzene rings is 2.